The van der Waals surface area contributed by atoms with Crippen LogP contribution in [0, 0.1) is 0 Å². The Bertz CT molecular complexity index is 537. The molecule has 1 fully saturated rings. The normalized spacial score (nSPS) is 16.3. The van der Waals surface area contributed by atoms with Crippen LogP contribution in [-0.4, -0.2) is 42.5 Å². The van der Waals surface area contributed by atoms with Crippen LogP contribution in [0.1, 0.15) is 49.9 Å². The summed E-state index contributed by atoms with van der Waals surface area (Å²) in [4.78, 5) is 26.5. The molecule has 1 saturated heterocycles. The smallest absolute Gasteiger partial charge is 0.328 e. The van der Waals surface area contributed by atoms with E-state index in [9.17, 15) is 9.59 Å². The highest BCUT2D eigenvalue weighted by molar-refractivity contribution is 6.00. The van der Waals surface area contributed by atoms with Crippen molar-refractivity contribution >= 4 is 17.6 Å². The summed E-state index contributed by atoms with van der Waals surface area (Å²) < 4.78 is 5.01. The lowest BCUT2D eigenvalue weighted by atomic mass is 10.1. The number of nitrogens with one attached hydrogen (secondary N) is 1. The van der Waals surface area contributed by atoms with Crippen LogP contribution in [0.3, 0.4) is 0 Å². The van der Waals surface area contributed by atoms with Crippen LogP contribution in [0.5, 0.6) is 0 Å². The molecule has 23 heavy (non-hydrogen) atoms. The van der Waals surface area contributed by atoms with E-state index >= 15 is 0 Å². The van der Waals surface area contributed by atoms with Crippen molar-refractivity contribution < 1.29 is 14.3 Å². The Morgan fingerprint density at radius 2 is 1.83 bits per heavy atom. The van der Waals surface area contributed by atoms with Gasteiger partial charge in [-0.2, -0.15) is 0 Å². The van der Waals surface area contributed by atoms with Crippen molar-refractivity contribution in [3.8, 4) is 0 Å². The summed E-state index contributed by atoms with van der Waals surface area (Å²) in [6.07, 6.45) is 4.48. The van der Waals surface area contributed by atoms with Gasteiger partial charge in [0.2, 0.25) is 0 Å². The average molecular weight is 318 g/mol. The summed E-state index contributed by atoms with van der Waals surface area (Å²) in [5.74, 6) is -0.282. The Labute approximate surface area is 138 Å². The molecule has 1 aliphatic rings. The maximum absolute atomic E-state index is 12.8. The number of benzene rings is 1. The molecular weight excluding hydrogens is 292 g/mol. The zero-order valence-corrected chi connectivity index (χ0v) is 14.0. The van der Waals surface area contributed by atoms with Crippen molar-refractivity contribution in [3.63, 3.8) is 0 Å². The molecule has 1 aliphatic heterocycles. The number of rotatable bonds is 5. The van der Waals surface area contributed by atoms with E-state index in [2.05, 4.69) is 5.32 Å². The largest absolute Gasteiger partial charge is 0.464 e. The zero-order valence-electron chi connectivity index (χ0n) is 14.0. The first-order valence-corrected chi connectivity index (χ1v) is 8.45. The fraction of sp³-hybridized carbons (Fsp3) is 0.556. The molecule has 0 spiro atoms. The van der Waals surface area contributed by atoms with Gasteiger partial charge < -0.3 is 15.0 Å². The molecule has 5 nitrogen and oxygen atoms in total. The number of ether oxygens (including phenoxy) is 1. The molecule has 1 unspecified atom stereocenters. The summed E-state index contributed by atoms with van der Waals surface area (Å²) in [5.41, 5.74) is 1.30. The predicted molar refractivity (Wildman–Crippen MR) is 90.5 cm³/mol. The molecule has 2 rings (SSSR count). The monoisotopic (exact) mass is 318 g/mol. The highest BCUT2D eigenvalue weighted by Crippen LogP contribution is 2.20. The van der Waals surface area contributed by atoms with Crippen molar-refractivity contribution in [1.29, 1.82) is 0 Å². The van der Waals surface area contributed by atoms with Crippen molar-refractivity contribution in [2.45, 2.75) is 45.6 Å². The number of hydrogen-bond donors (Lipinski definition) is 1. The van der Waals surface area contributed by atoms with E-state index in [1.54, 1.807) is 13.8 Å². The van der Waals surface area contributed by atoms with E-state index in [4.69, 9.17) is 4.74 Å². The quantitative estimate of drug-likeness (QED) is 0.848. The molecule has 1 N–H and O–H groups in total. The van der Waals surface area contributed by atoms with E-state index < -0.39 is 6.04 Å². The summed E-state index contributed by atoms with van der Waals surface area (Å²) in [6, 6.07) is 6.87. The Hall–Kier alpha value is -2.04. The molecule has 0 bridgehead atoms. The second kappa shape index (κ2) is 8.56. The van der Waals surface area contributed by atoms with Gasteiger partial charge in [-0.1, -0.05) is 25.0 Å². The maximum atomic E-state index is 12.8. The molecule has 1 aromatic carbocycles. The van der Waals surface area contributed by atoms with Crippen LogP contribution in [-0.2, 0) is 9.53 Å². The SMILES string of the molecule is CCOC(=O)C(C)Nc1ccccc1C(=O)N1CCCCCC1. The molecule has 1 atom stereocenters. The second-order valence-corrected chi connectivity index (χ2v) is 5.87. The van der Waals surface area contributed by atoms with Crippen molar-refractivity contribution in [2.75, 3.05) is 25.0 Å². The number of para-hydroxylation sites is 1. The average Bonchev–Trinajstić information content (AvgIpc) is 2.84. The third-order valence-electron chi connectivity index (χ3n) is 4.06. The third-order valence-corrected chi connectivity index (χ3v) is 4.06. The van der Waals surface area contributed by atoms with E-state index in [1.807, 2.05) is 29.2 Å². The van der Waals surface area contributed by atoms with Crippen molar-refractivity contribution in [3.05, 3.63) is 29.8 Å². The molecule has 126 valence electrons. The summed E-state index contributed by atoms with van der Waals surface area (Å²) in [5, 5.41) is 3.11. The highest BCUT2D eigenvalue weighted by atomic mass is 16.5. The predicted octanol–water partition coefficient (Wildman–Crippen LogP) is 3.07. The van der Waals surface area contributed by atoms with Gasteiger partial charge in [-0.25, -0.2) is 4.79 Å². The van der Waals surface area contributed by atoms with Gasteiger partial charge in [0.05, 0.1) is 12.2 Å². The lowest BCUT2D eigenvalue weighted by molar-refractivity contribution is -0.143. The van der Waals surface area contributed by atoms with Gasteiger partial charge in [0.1, 0.15) is 6.04 Å². The Kier molecular flexibility index (Phi) is 6.44. The molecule has 1 heterocycles. The van der Waals surface area contributed by atoms with E-state index in [0.29, 0.717) is 17.9 Å². The van der Waals surface area contributed by atoms with E-state index in [-0.39, 0.29) is 11.9 Å². The Morgan fingerprint density at radius 3 is 2.48 bits per heavy atom. The summed E-state index contributed by atoms with van der Waals surface area (Å²) in [7, 11) is 0. The molecule has 0 saturated carbocycles. The molecule has 0 aromatic heterocycles. The van der Waals surface area contributed by atoms with Crippen LogP contribution in [0.25, 0.3) is 0 Å². The number of hydrogen-bond acceptors (Lipinski definition) is 4. The molecule has 1 aromatic rings. The van der Waals surface area contributed by atoms with Crippen LogP contribution in [0.2, 0.25) is 0 Å². The van der Waals surface area contributed by atoms with Gasteiger partial charge in [0.15, 0.2) is 0 Å². The van der Waals surface area contributed by atoms with Crippen LogP contribution < -0.4 is 5.32 Å². The van der Waals surface area contributed by atoms with Gasteiger partial charge in [-0.15, -0.1) is 0 Å². The van der Waals surface area contributed by atoms with Gasteiger partial charge >= 0.3 is 5.97 Å². The number of carbonyl (C=O) groups excluding carboxylic acids is 2. The molecule has 0 radical (unpaired) electrons. The topological polar surface area (TPSA) is 58.6 Å². The third kappa shape index (κ3) is 4.71. The fourth-order valence-electron chi connectivity index (χ4n) is 2.80. The number of carbonyl (C=O) groups is 2. The molecule has 5 heteroatoms. The molecule has 0 aliphatic carbocycles. The second-order valence-electron chi connectivity index (χ2n) is 5.87. The van der Waals surface area contributed by atoms with Gasteiger partial charge in [0, 0.05) is 18.8 Å². The van der Waals surface area contributed by atoms with Crippen LogP contribution >= 0.6 is 0 Å². The number of amides is 1. The first-order chi connectivity index (χ1) is 11.1. The lowest BCUT2D eigenvalue weighted by Gasteiger charge is -2.23. The molecular formula is C18H26N2O3. The van der Waals surface area contributed by atoms with Crippen molar-refractivity contribution in [2.24, 2.45) is 0 Å². The minimum atomic E-state index is -0.493. The number of esters is 1. The number of likely N-dealkylation sites (tertiary alicyclic amines) is 1. The number of nitrogens with zero attached hydrogens (tertiary/aromatic N) is 1. The van der Waals surface area contributed by atoms with Gasteiger partial charge in [0.25, 0.3) is 5.91 Å². The minimum absolute atomic E-state index is 0.0334. The summed E-state index contributed by atoms with van der Waals surface area (Å²) >= 11 is 0. The van der Waals surface area contributed by atoms with Gasteiger partial charge in [-0.05, 0) is 38.8 Å². The minimum Gasteiger partial charge on any atom is -0.464 e. The van der Waals surface area contributed by atoms with E-state index in [0.717, 1.165) is 25.9 Å². The standard InChI is InChI=1S/C18H26N2O3/c1-3-23-18(22)14(2)19-16-11-7-6-10-15(16)17(21)20-12-8-4-5-9-13-20/h6-7,10-11,14,19H,3-5,8-9,12-13H2,1-2H3. The maximum Gasteiger partial charge on any atom is 0.328 e. The molecule has 1 amide bonds. The Balaban J connectivity index is 2.13. The first kappa shape index (κ1) is 17.3. The van der Waals surface area contributed by atoms with Crippen molar-refractivity contribution in [1.82, 2.24) is 4.90 Å². The van der Waals surface area contributed by atoms with Gasteiger partial charge in [-0.3, -0.25) is 4.79 Å². The fourth-order valence-corrected chi connectivity index (χ4v) is 2.80. The highest BCUT2D eigenvalue weighted by Gasteiger charge is 2.22. The lowest BCUT2D eigenvalue weighted by Crippen LogP contribution is -2.34. The summed E-state index contributed by atoms with van der Waals surface area (Å²) in [6.45, 7) is 5.48. The zero-order chi connectivity index (χ0) is 16.7. The number of anilines is 1. The Morgan fingerprint density at radius 1 is 1.17 bits per heavy atom. The van der Waals surface area contributed by atoms with E-state index in [1.165, 1.54) is 12.8 Å². The first-order valence-electron chi connectivity index (χ1n) is 8.45. The van der Waals surface area contributed by atoms with Crippen LogP contribution in [0.4, 0.5) is 5.69 Å². The van der Waals surface area contributed by atoms with Crippen LogP contribution in [0.15, 0.2) is 24.3 Å².